The lowest BCUT2D eigenvalue weighted by Crippen LogP contribution is -2.17. The highest BCUT2D eigenvalue weighted by molar-refractivity contribution is 6.22. The molecule has 0 amide bonds. The van der Waals surface area contributed by atoms with Crippen LogP contribution in [-0.2, 0) is 14.4 Å². The van der Waals surface area contributed by atoms with Gasteiger partial charge in [0.15, 0.2) is 17.3 Å². The molecular formula is C19H21NO3. The Kier molecular flexibility index (Phi) is 5.68. The van der Waals surface area contributed by atoms with Crippen LogP contribution in [0.2, 0.25) is 0 Å². The van der Waals surface area contributed by atoms with Gasteiger partial charge in [-0.25, -0.2) is 0 Å². The summed E-state index contributed by atoms with van der Waals surface area (Å²) >= 11 is 0. The molecule has 0 saturated heterocycles. The van der Waals surface area contributed by atoms with Crippen molar-refractivity contribution in [1.29, 1.82) is 5.41 Å². The Balaban J connectivity index is 3.57. The fourth-order valence-electron chi connectivity index (χ4n) is 2.30. The van der Waals surface area contributed by atoms with Gasteiger partial charge in [-0.05, 0) is 69.1 Å². The molecule has 0 aromatic rings. The van der Waals surface area contributed by atoms with E-state index in [1.165, 1.54) is 19.9 Å². The van der Waals surface area contributed by atoms with E-state index in [1.807, 2.05) is 0 Å². The Labute approximate surface area is 136 Å². The first-order chi connectivity index (χ1) is 10.6. The monoisotopic (exact) mass is 311 g/mol. The number of hydrogen-bond donors (Lipinski definition) is 1. The second kappa shape index (κ2) is 7.09. The standard InChI is InChI=1S/C19H21NO3/c1-10(9-20)7-16-12(3)11(2)13(4)17(19(16)23)8-18(14(5)21)15(6)22/h7-9,20H,2H2,1,3-6H3/b10-7-,20-9?. The zero-order chi connectivity index (χ0) is 17.9. The van der Waals surface area contributed by atoms with Gasteiger partial charge in [0.1, 0.15) is 0 Å². The van der Waals surface area contributed by atoms with Crippen LogP contribution in [0.1, 0.15) is 34.6 Å². The van der Waals surface area contributed by atoms with Gasteiger partial charge < -0.3 is 5.41 Å². The summed E-state index contributed by atoms with van der Waals surface area (Å²) in [6.45, 7) is 11.8. The molecule has 0 bridgehead atoms. The van der Waals surface area contributed by atoms with Crippen molar-refractivity contribution >= 4 is 23.6 Å². The first-order valence-electron chi connectivity index (χ1n) is 7.20. The molecule has 23 heavy (non-hydrogen) atoms. The van der Waals surface area contributed by atoms with Crippen LogP contribution in [0.4, 0.5) is 0 Å². The van der Waals surface area contributed by atoms with Gasteiger partial charge >= 0.3 is 0 Å². The molecule has 120 valence electrons. The van der Waals surface area contributed by atoms with Crippen molar-refractivity contribution in [2.45, 2.75) is 34.6 Å². The number of carbonyl (C=O) groups is 3. The lowest BCUT2D eigenvalue weighted by molar-refractivity contribution is -0.119. The van der Waals surface area contributed by atoms with Gasteiger partial charge in [-0.1, -0.05) is 6.58 Å². The second-order valence-electron chi connectivity index (χ2n) is 5.59. The number of hydrogen-bond acceptors (Lipinski definition) is 4. The highest BCUT2D eigenvalue weighted by Gasteiger charge is 2.26. The molecule has 0 aromatic heterocycles. The van der Waals surface area contributed by atoms with Crippen LogP contribution in [0.15, 0.2) is 57.7 Å². The van der Waals surface area contributed by atoms with E-state index < -0.39 is 0 Å². The Hall–Kier alpha value is -2.62. The van der Waals surface area contributed by atoms with E-state index in [0.717, 1.165) is 11.8 Å². The molecule has 0 atom stereocenters. The van der Waals surface area contributed by atoms with E-state index in [0.29, 0.717) is 27.9 Å². The topological polar surface area (TPSA) is 75.1 Å². The Bertz CT molecular complexity index is 739. The summed E-state index contributed by atoms with van der Waals surface area (Å²) in [5, 5.41) is 7.26. The number of ketones is 3. The van der Waals surface area contributed by atoms with E-state index in [1.54, 1.807) is 26.8 Å². The Morgan fingerprint density at radius 3 is 1.78 bits per heavy atom. The van der Waals surface area contributed by atoms with Crippen molar-refractivity contribution in [2.24, 2.45) is 0 Å². The van der Waals surface area contributed by atoms with Gasteiger partial charge in [0.2, 0.25) is 0 Å². The van der Waals surface area contributed by atoms with Gasteiger partial charge in [0, 0.05) is 17.4 Å². The molecule has 1 aliphatic carbocycles. The zero-order valence-corrected chi connectivity index (χ0v) is 14.2. The fraction of sp³-hybridized carbons (Fsp3) is 0.263. The van der Waals surface area contributed by atoms with Gasteiger partial charge in [0.25, 0.3) is 0 Å². The molecule has 1 aliphatic rings. The van der Waals surface area contributed by atoms with Crippen molar-refractivity contribution in [3.63, 3.8) is 0 Å². The first kappa shape index (κ1) is 18.4. The third kappa shape index (κ3) is 3.77. The number of allylic oxidation sites excluding steroid dienone is 9. The zero-order valence-electron chi connectivity index (χ0n) is 14.2. The molecule has 1 rings (SSSR count). The van der Waals surface area contributed by atoms with E-state index in [4.69, 9.17) is 5.41 Å². The highest BCUT2D eigenvalue weighted by atomic mass is 16.1. The largest absolute Gasteiger partial charge is 0.308 e. The minimum absolute atomic E-state index is 0.00726. The van der Waals surface area contributed by atoms with E-state index >= 15 is 0 Å². The first-order valence-corrected chi connectivity index (χ1v) is 7.20. The summed E-state index contributed by atoms with van der Waals surface area (Å²) in [6, 6.07) is 0. The average molecular weight is 311 g/mol. The van der Waals surface area contributed by atoms with Crippen LogP contribution < -0.4 is 0 Å². The van der Waals surface area contributed by atoms with E-state index in [2.05, 4.69) is 6.58 Å². The van der Waals surface area contributed by atoms with Crippen LogP contribution in [-0.4, -0.2) is 23.6 Å². The third-order valence-corrected chi connectivity index (χ3v) is 3.85. The SMILES string of the molecule is C=C1C(C)=C(C=C(C(C)=O)C(C)=O)C(=O)C(/C=C(/C)C=N)=C1C. The van der Waals surface area contributed by atoms with Gasteiger partial charge in [-0.15, -0.1) is 0 Å². The van der Waals surface area contributed by atoms with Gasteiger partial charge in [0.05, 0.1) is 5.57 Å². The molecule has 0 saturated carbocycles. The quantitative estimate of drug-likeness (QED) is 0.366. The summed E-state index contributed by atoms with van der Waals surface area (Å²) in [5.74, 6) is -1.03. The van der Waals surface area contributed by atoms with E-state index in [-0.39, 0.29) is 22.9 Å². The van der Waals surface area contributed by atoms with Crippen LogP contribution in [0.5, 0.6) is 0 Å². The minimum atomic E-state index is -0.379. The second-order valence-corrected chi connectivity index (χ2v) is 5.59. The highest BCUT2D eigenvalue weighted by Crippen LogP contribution is 2.33. The molecule has 0 fully saturated rings. The maximum atomic E-state index is 12.8. The smallest absolute Gasteiger partial charge is 0.193 e. The summed E-state index contributed by atoms with van der Waals surface area (Å²) < 4.78 is 0. The van der Waals surface area contributed by atoms with Crippen molar-refractivity contribution in [1.82, 2.24) is 0 Å². The maximum Gasteiger partial charge on any atom is 0.193 e. The minimum Gasteiger partial charge on any atom is -0.308 e. The number of nitrogens with one attached hydrogen (secondary N) is 1. The third-order valence-electron chi connectivity index (χ3n) is 3.85. The lowest BCUT2D eigenvalue weighted by Gasteiger charge is -2.21. The predicted molar refractivity (Wildman–Crippen MR) is 91.5 cm³/mol. The predicted octanol–water partition coefficient (Wildman–Crippen LogP) is 3.46. The normalized spacial score (nSPS) is 15.8. The van der Waals surface area contributed by atoms with Crippen molar-refractivity contribution in [3.8, 4) is 0 Å². The summed E-state index contributed by atoms with van der Waals surface area (Å²) in [4.78, 5) is 36.0. The van der Waals surface area contributed by atoms with Gasteiger partial charge in [-0.3, -0.25) is 14.4 Å². The molecule has 0 spiro atoms. The summed E-state index contributed by atoms with van der Waals surface area (Å²) in [7, 11) is 0. The number of carbonyl (C=O) groups excluding carboxylic acids is 3. The summed E-state index contributed by atoms with van der Waals surface area (Å²) in [6.07, 6.45) is 4.14. The van der Waals surface area contributed by atoms with E-state index in [9.17, 15) is 14.4 Å². The van der Waals surface area contributed by atoms with Crippen molar-refractivity contribution in [3.05, 3.63) is 57.7 Å². The number of rotatable bonds is 5. The molecule has 4 heteroatoms. The molecule has 0 aliphatic heterocycles. The van der Waals surface area contributed by atoms with Crippen LogP contribution in [0, 0.1) is 5.41 Å². The molecular weight excluding hydrogens is 290 g/mol. The van der Waals surface area contributed by atoms with Crippen LogP contribution in [0.3, 0.4) is 0 Å². The Morgan fingerprint density at radius 1 is 0.957 bits per heavy atom. The fourth-order valence-corrected chi connectivity index (χ4v) is 2.30. The lowest BCUT2D eigenvalue weighted by atomic mass is 9.81. The van der Waals surface area contributed by atoms with Gasteiger partial charge in [-0.2, -0.15) is 0 Å². The van der Waals surface area contributed by atoms with Crippen LogP contribution in [0.25, 0.3) is 0 Å². The molecule has 0 radical (unpaired) electrons. The Morgan fingerprint density at radius 2 is 1.39 bits per heavy atom. The molecule has 1 N–H and O–H groups in total. The van der Waals surface area contributed by atoms with Crippen molar-refractivity contribution in [2.75, 3.05) is 0 Å². The van der Waals surface area contributed by atoms with Crippen molar-refractivity contribution < 1.29 is 14.4 Å². The summed E-state index contributed by atoms with van der Waals surface area (Å²) in [5.41, 5.74) is 3.42. The molecule has 0 heterocycles. The average Bonchev–Trinajstić information content (AvgIpc) is 2.48. The number of Topliss-reactive ketones (excluding diaryl/α,β-unsaturated/α-hetero) is 3. The maximum absolute atomic E-state index is 12.8. The molecule has 4 nitrogen and oxygen atoms in total. The molecule has 0 aromatic carbocycles. The van der Waals surface area contributed by atoms with Crippen LogP contribution >= 0.6 is 0 Å². The molecule has 0 unspecified atom stereocenters.